The lowest BCUT2D eigenvalue weighted by Gasteiger charge is -2.22. The summed E-state index contributed by atoms with van der Waals surface area (Å²) in [4.78, 5) is 18.4. The van der Waals surface area contributed by atoms with Gasteiger partial charge in [-0.1, -0.05) is 12.1 Å². The molecule has 0 radical (unpaired) electrons. The lowest BCUT2D eigenvalue weighted by Crippen LogP contribution is -2.40. The maximum atomic E-state index is 12.0. The number of anilines is 1. The molecule has 0 saturated heterocycles. The van der Waals surface area contributed by atoms with E-state index in [1.54, 1.807) is 19.2 Å². The van der Waals surface area contributed by atoms with Gasteiger partial charge >= 0.3 is 0 Å². The normalized spacial score (nSPS) is 13.5. The Hall–Kier alpha value is -2.07. The van der Waals surface area contributed by atoms with Crippen LogP contribution in [-0.2, 0) is 11.3 Å². The van der Waals surface area contributed by atoms with E-state index in [0.29, 0.717) is 18.9 Å². The summed E-state index contributed by atoms with van der Waals surface area (Å²) in [6.45, 7) is 3.02. The lowest BCUT2D eigenvalue weighted by atomic mass is 10.2. The third-order valence-corrected chi connectivity index (χ3v) is 4.60. The summed E-state index contributed by atoms with van der Waals surface area (Å²) in [5.74, 6) is 1.64. The van der Waals surface area contributed by atoms with Gasteiger partial charge in [-0.25, -0.2) is 0 Å². The van der Waals surface area contributed by atoms with Crippen LogP contribution in [0.3, 0.4) is 0 Å². The van der Waals surface area contributed by atoms with Gasteiger partial charge in [-0.3, -0.25) is 9.79 Å². The molecule has 0 spiro atoms. The van der Waals surface area contributed by atoms with Crippen molar-refractivity contribution < 1.29 is 13.9 Å². The van der Waals surface area contributed by atoms with E-state index in [2.05, 4.69) is 20.5 Å². The zero-order valence-electron chi connectivity index (χ0n) is 16.9. The van der Waals surface area contributed by atoms with Gasteiger partial charge in [0.2, 0.25) is 0 Å². The molecule has 1 fully saturated rings. The van der Waals surface area contributed by atoms with Crippen LogP contribution in [0.1, 0.15) is 29.0 Å². The molecule has 1 amide bonds. The van der Waals surface area contributed by atoms with Gasteiger partial charge < -0.3 is 24.7 Å². The fourth-order valence-corrected chi connectivity index (χ4v) is 2.71. The summed E-state index contributed by atoms with van der Waals surface area (Å²) < 4.78 is 10.8. The van der Waals surface area contributed by atoms with Crippen LogP contribution < -0.4 is 10.6 Å². The number of nitrogens with zero attached hydrogens (tertiary/aromatic N) is 2. The van der Waals surface area contributed by atoms with Crippen LogP contribution in [0.25, 0.3) is 0 Å². The summed E-state index contributed by atoms with van der Waals surface area (Å²) in [6.07, 6.45) is 4.10. The van der Waals surface area contributed by atoms with Crippen LogP contribution in [0, 0.1) is 5.92 Å². The third-order valence-electron chi connectivity index (χ3n) is 4.60. The minimum absolute atomic E-state index is 0. The lowest BCUT2D eigenvalue weighted by molar-refractivity contribution is 0.0996. The van der Waals surface area contributed by atoms with E-state index in [0.717, 1.165) is 36.3 Å². The first-order chi connectivity index (χ1) is 13.7. The molecular weight excluding hydrogens is 483 g/mol. The van der Waals surface area contributed by atoms with E-state index in [-0.39, 0.29) is 29.9 Å². The van der Waals surface area contributed by atoms with Gasteiger partial charge in [0.05, 0.1) is 12.9 Å². The molecule has 0 bridgehead atoms. The predicted octanol–water partition coefficient (Wildman–Crippen LogP) is 3.58. The van der Waals surface area contributed by atoms with E-state index < -0.39 is 0 Å². The molecule has 0 unspecified atom stereocenters. The Labute approximate surface area is 188 Å². The average molecular weight is 512 g/mol. The number of hydrogen-bond acceptors (Lipinski definition) is 4. The highest BCUT2D eigenvalue weighted by atomic mass is 127. The number of likely N-dealkylation sites (N-methyl/N-ethyl adjacent to an activating group) is 1. The number of ether oxygens (including phenoxy) is 1. The number of hydrogen-bond donors (Lipinski definition) is 2. The highest BCUT2D eigenvalue weighted by Gasteiger charge is 2.21. The molecule has 7 nitrogen and oxygen atoms in total. The largest absolute Gasteiger partial charge is 0.459 e. The second kappa shape index (κ2) is 11.8. The van der Waals surface area contributed by atoms with Gasteiger partial charge in [-0.15, -0.1) is 24.0 Å². The number of halogens is 1. The Balaban J connectivity index is 0.00000300. The van der Waals surface area contributed by atoms with Crippen molar-refractivity contribution >= 4 is 41.5 Å². The average Bonchev–Trinajstić information content (AvgIpc) is 3.36. The van der Waals surface area contributed by atoms with Gasteiger partial charge in [0.1, 0.15) is 0 Å². The molecule has 1 saturated carbocycles. The van der Waals surface area contributed by atoms with E-state index >= 15 is 0 Å². The second-order valence-electron chi connectivity index (χ2n) is 6.97. The maximum Gasteiger partial charge on any atom is 0.291 e. The van der Waals surface area contributed by atoms with Crippen LogP contribution in [0.5, 0.6) is 0 Å². The van der Waals surface area contributed by atoms with Crippen molar-refractivity contribution in [1.82, 2.24) is 10.2 Å². The first kappa shape index (κ1) is 23.2. The molecule has 1 aliphatic carbocycles. The molecule has 158 valence electrons. The minimum Gasteiger partial charge on any atom is -0.459 e. The summed E-state index contributed by atoms with van der Waals surface area (Å²) in [5, 5.41) is 6.16. The van der Waals surface area contributed by atoms with Crippen LogP contribution >= 0.6 is 24.0 Å². The number of amides is 1. The fourth-order valence-electron chi connectivity index (χ4n) is 2.71. The summed E-state index contributed by atoms with van der Waals surface area (Å²) in [5.41, 5.74) is 1.81. The molecule has 3 rings (SSSR count). The molecule has 1 aliphatic rings. The Bertz CT molecular complexity index is 774. The Morgan fingerprint density at radius 1 is 1.28 bits per heavy atom. The Morgan fingerprint density at radius 3 is 2.66 bits per heavy atom. The van der Waals surface area contributed by atoms with Crippen molar-refractivity contribution in [3.05, 3.63) is 54.0 Å². The molecule has 1 aromatic carbocycles. The molecule has 0 aliphatic heterocycles. The number of rotatable bonds is 9. The zero-order chi connectivity index (χ0) is 19.8. The van der Waals surface area contributed by atoms with Crippen LogP contribution in [0.4, 0.5) is 5.69 Å². The molecule has 29 heavy (non-hydrogen) atoms. The maximum absolute atomic E-state index is 12.0. The number of benzene rings is 1. The summed E-state index contributed by atoms with van der Waals surface area (Å²) in [7, 11) is 3.78. The monoisotopic (exact) mass is 512 g/mol. The van der Waals surface area contributed by atoms with Gasteiger partial charge in [0, 0.05) is 39.5 Å². The first-order valence-corrected chi connectivity index (χ1v) is 9.59. The fraction of sp³-hybridized carbons (Fsp3) is 0.429. The van der Waals surface area contributed by atoms with E-state index in [1.165, 1.54) is 19.1 Å². The smallest absolute Gasteiger partial charge is 0.291 e. The van der Waals surface area contributed by atoms with Crippen molar-refractivity contribution in [1.29, 1.82) is 0 Å². The molecular formula is C21H29IN4O3. The van der Waals surface area contributed by atoms with Gasteiger partial charge in [0.25, 0.3) is 5.91 Å². The van der Waals surface area contributed by atoms with Crippen LogP contribution in [-0.4, -0.2) is 50.6 Å². The van der Waals surface area contributed by atoms with Gasteiger partial charge in [-0.2, -0.15) is 0 Å². The number of carbonyl (C=O) groups excluding carboxylic acids is 1. The SMILES string of the molecule is CN=C(NCc1ccc(NC(=O)c2ccco2)cc1)N(C)CCOCC1CC1.I. The number of nitrogens with one attached hydrogen (secondary N) is 2. The molecule has 0 atom stereocenters. The van der Waals surface area contributed by atoms with Gasteiger partial charge in [-0.05, 0) is 48.6 Å². The van der Waals surface area contributed by atoms with Crippen molar-refractivity contribution in [3.63, 3.8) is 0 Å². The van der Waals surface area contributed by atoms with Crippen molar-refractivity contribution in [3.8, 4) is 0 Å². The van der Waals surface area contributed by atoms with Crippen molar-refractivity contribution in [2.24, 2.45) is 10.9 Å². The molecule has 1 aromatic heterocycles. The number of guanidine groups is 1. The van der Waals surface area contributed by atoms with Crippen molar-refractivity contribution in [2.45, 2.75) is 19.4 Å². The number of aliphatic imine (C=N–C) groups is 1. The Kier molecular flexibility index (Phi) is 9.46. The molecule has 8 heteroatoms. The Morgan fingerprint density at radius 2 is 2.03 bits per heavy atom. The number of furan rings is 1. The molecule has 1 heterocycles. The van der Waals surface area contributed by atoms with E-state index in [9.17, 15) is 4.79 Å². The standard InChI is InChI=1S/C21H28N4O3.HI/c1-22-21(25(2)11-13-27-15-17-5-6-17)23-14-16-7-9-18(10-8-16)24-20(26)19-4-3-12-28-19;/h3-4,7-10,12,17H,5-6,11,13-15H2,1-2H3,(H,22,23)(H,24,26);1H. The van der Waals surface area contributed by atoms with Crippen LogP contribution in [0.2, 0.25) is 0 Å². The van der Waals surface area contributed by atoms with Crippen LogP contribution in [0.15, 0.2) is 52.1 Å². The topological polar surface area (TPSA) is 79.1 Å². The minimum atomic E-state index is -0.262. The summed E-state index contributed by atoms with van der Waals surface area (Å²) >= 11 is 0. The first-order valence-electron chi connectivity index (χ1n) is 9.59. The van der Waals surface area contributed by atoms with E-state index in [1.807, 2.05) is 31.3 Å². The summed E-state index contributed by atoms with van der Waals surface area (Å²) in [6, 6.07) is 11.0. The third kappa shape index (κ3) is 7.69. The predicted molar refractivity (Wildman–Crippen MR) is 125 cm³/mol. The number of carbonyl (C=O) groups is 1. The molecule has 2 N–H and O–H groups in total. The highest BCUT2D eigenvalue weighted by Crippen LogP contribution is 2.28. The van der Waals surface area contributed by atoms with Gasteiger partial charge in [0.15, 0.2) is 11.7 Å². The zero-order valence-corrected chi connectivity index (χ0v) is 19.2. The van der Waals surface area contributed by atoms with Crippen molar-refractivity contribution in [2.75, 3.05) is 39.2 Å². The molecule has 2 aromatic rings. The van der Waals surface area contributed by atoms with E-state index in [4.69, 9.17) is 9.15 Å². The second-order valence-corrected chi connectivity index (χ2v) is 6.97. The quantitative estimate of drug-likeness (QED) is 0.233. The highest BCUT2D eigenvalue weighted by molar-refractivity contribution is 14.0.